The van der Waals surface area contributed by atoms with Gasteiger partial charge in [0.15, 0.2) is 11.5 Å². The minimum absolute atomic E-state index is 0.0131. The number of ether oxygens (including phenoxy) is 1. The highest BCUT2D eigenvalue weighted by atomic mass is 16.5. The number of carbonyl (C=O) groups excluding carboxylic acids is 1. The number of aromatic hydroxyl groups is 1. The number of phenols is 1. The summed E-state index contributed by atoms with van der Waals surface area (Å²) < 4.78 is 4.89. The van der Waals surface area contributed by atoms with Crippen LogP contribution >= 0.6 is 0 Å². The lowest BCUT2D eigenvalue weighted by Crippen LogP contribution is -2.24. The van der Waals surface area contributed by atoms with E-state index in [9.17, 15) is 14.7 Å². The van der Waals surface area contributed by atoms with Crippen molar-refractivity contribution in [3.63, 3.8) is 0 Å². The topological polar surface area (TPSA) is 95.9 Å². The standard InChI is InChI=1S/C12H15NO5/c1-18-10-7-8(4-5-9(10)14)12(17)13-6-2-3-11(15)16/h4-5,7,14H,2-3,6H2,1H3,(H,13,17)(H,15,16). The summed E-state index contributed by atoms with van der Waals surface area (Å²) in [6.07, 6.45) is 0.384. The van der Waals surface area contributed by atoms with Crippen LogP contribution in [0.2, 0.25) is 0 Å². The number of carboxylic acids is 1. The maximum Gasteiger partial charge on any atom is 0.303 e. The van der Waals surface area contributed by atoms with Crippen molar-refractivity contribution in [1.29, 1.82) is 0 Å². The molecule has 0 bridgehead atoms. The quantitative estimate of drug-likeness (QED) is 0.657. The molecule has 6 nitrogen and oxygen atoms in total. The second-order valence-corrected chi connectivity index (χ2v) is 3.64. The molecule has 0 heterocycles. The molecule has 98 valence electrons. The zero-order chi connectivity index (χ0) is 13.5. The predicted octanol–water partition coefficient (Wildman–Crippen LogP) is 0.995. The molecule has 3 N–H and O–H groups in total. The molecule has 0 fully saturated rings. The summed E-state index contributed by atoms with van der Waals surface area (Å²) in [5, 5.41) is 20.4. The van der Waals surface area contributed by atoms with Gasteiger partial charge < -0.3 is 20.3 Å². The molecule has 0 saturated heterocycles. The highest BCUT2D eigenvalue weighted by molar-refractivity contribution is 5.94. The molecule has 0 atom stereocenters. The molecule has 0 saturated carbocycles. The van der Waals surface area contributed by atoms with E-state index in [1.165, 1.54) is 25.3 Å². The van der Waals surface area contributed by atoms with Gasteiger partial charge in [-0.3, -0.25) is 9.59 Å². The van der Waals surface area contributed by atoms with Crippen LogP contribution in [0.25, 0.3) is 0 Å². The number of hydrogen-bond donors (Lipinski definition) is 3. The monoisotopic (exact) mass is 253 g/mol. The molecule has 0 aliphatic heterocycles. The van der Waals surface area contributed by atoms with Crippen molar-refractivity contribution in [1.82, 2.24) is 5.32 Å². The Labute approximate surface area is 104 Å². The largest absolute Gasteiger partial charge is 0.504 e. The summed E-state index contributed by atoms with van der Waals surface area (Å²) in [6, 6.07) is 4.25. The van der Waals surface area contributed by atoms with Crippen LogP contribution in [0.1, 0.15) is 23.2 Å². The highest BCUT2D eigenvalue weighted by Gasteiger charge is 2.09. The molecule has 0 spiro atoms. The molecule has 0 aliphatic rings. The van der Waals surface area contributed by atoms with E-state index in [1.54, 1.807) is 0 Å². The smallest absolute Gasteiger partial charge is 0.303 e. The number of aliphatic carboxylic acids is 1. The fraction of sp³-hybridized carbons (Fsp3) is 0.333. The van der Waals surface area contributed by atoms with Gasteiger partial charge in [0.1, 0.15) is 0 Å². The molecule has 0 unspecified atom stereocenters. The normalized spacial score (nSPS) is 9.83. The second kappa shape index (κ2) is 6.48. The molecule has 0 aliphatic carbocycles. The number of carboxylic acid groups (broad SMARTS) is 1. The van der Waals surface area contributed by atoms with Crippen LogP contribution in [-0.4, -0.2) is 35.7 Å². The molecular formula is C12H15NO5. The fourth-order valence-electron chi connectivity index (χ4n) is 1.36. The summed E-state index contributed by atoms with van der Waals surface area (Å²) in [5.41, 5.74) is 0.347. The number of nitrogens with one attached hydrogen (secondary N) is 1. The van der Waals surface area contributed by atoms with Gasteiger partial charge in [-0.05, 0) is 24.6 Å². The van der Waals surface area contributed by atoms with Crippen LogP contribution in [0, 0.1) is 0 Å². The van der Waals surface area contributed by atoms with Crippen molar-refractivity contribution < 1.29 is 24.5 Å². The van der Waals surface area contributed by atoms with E-state index in [0.29, 0.717) is 12.0 Å². The van der Waals surface area contributed by atoms with Crippen molar-refractivity contribution in [2.24, 2.45) is 0 Å². The van der Waals surface area contributed by atoms with Gasteiger partial charge in [0, 0.05) is 18.5 Å². The number of amides is 1. The SMILES string of the molecule is COc1cc(C(=O)NCCCC(=O)O)ccc1O. The van der Waals surface area contributed by atoms with Crippen LogP contribution in [0.4, 0.5) is 0 Å². The van der Waals surface area contributed by atoms with E-state index in [4.69, 9.17) is 9.84 Å². The van der Waals surface area contributed by atoms with Crippen molar-refractivity contribution >= 4 is 11.9 Å². The predicted molar refractivity (Wildman–Crippen MR) is 63.9 cm³/mol. The average Bonchev–Trinajstić information content (AvgIpc) is 2.34. The number of carbonyl (C=O) groups is 2. The van der Waals surface area contributed by atoms with Gasteiger partial charge in [0.05, 0.1) is 7.11 Å². The minimum Gasteiger partial charge on any atom is -0.504 e. The number of methoxy groups -OCH3 is 1. The summed E-state index contributed by atoms with van der Waals surface area (Å²) in [7, 11) is 1.39. The Bertz CT molecular complexity index is 444. The Balaban J connectivity index is 2.53. The number of phenolic OH excluding ortho intramolecular Hbond substituents is 1. The van der Waals surface area contributed by atoms with E-state index < -0.39 is 5.97 Å². The van der Waals surface area contributed by atoms with E-state index in [0.717, 1.165) is 0 Å². The lowest BCUT2D eigenvalue weighted by atomic mass is 10.2. The van der Waals surface area contributed by atoms with Crippen LogP contribution < -0.4 is 10.1 Å². The molecular weight excluding hydrogens is 238 g/mol. The third kappa shape index (κ3) is 3.97. The van der Waals surface area contributed by atoms with Crippen LogP contribution in [0.3, 0.4) is 0 Å². The maximum atomic E-state index is 11.7. The van der Waals surface area contributed by atoms with Gasteiger partial charge in [-0.25, -0.2) is 0 Å². The van der Waals surface area contributed by atoms with Crippen LogP contribution in [0.5, 0.6) is 11.5 Å². The highest BCUT2D eigenvalue weighted by Crippen LogP contribution is 2.26. The summed E-state index contributed by atoms with van der Waals surface area (Å²) in [4.78, 5) is 22.0. The van der Waals surface area contributed by atoms with Gasteiger partial charge in [-0.1, -0.05) is 0 Å². The van der Waals surface area contributed by atoms with Gasteiger partial charge in [-0.15, -0.1) is 0 Å². The summed E-state index contributed by atoms with van der Waals surface area (Å²) in [5.74, 6) is -1.05. The Hall–Kier alpha value is -2.24. The number of benzene rings is 1. The maximum absolute atomic E-state index is 11.7. The van der Waals surface area contributed by atoms with Crippen molar-refractivity contribution in [3.8, 4) is 11.5 Å². The van der Waals surface area contributed by atoms with Crippen molar-refractivity contribution in [2.45, 2.75) is 12.8 Å². The molecule has 18 heavy (non-hydrogen) atoms. The lowest BCUT2D eigenvalue weighted by molar-refractivity contribution is -0.137. The summed E-state index contributed by atoms with van der Waals surface area (Å²) in [6.45, 7) is 0.286. The summed E-state index contributed by atoms with van der Waals surface area (Å²) >= 11 is 0. The first kappa shape index (κ1) is 13.8. The Kier molecular flexibility index (Phi) is 4.98. The molecule has 1 aromatic carbocycles. The van der Waals surface area contributed by atoms with Gasteiger partial charge in [-0.2, -0.15) is 0 Å². The Morgan fingerprint density at radius 3 is 2.72 bits per heavy atom. The zero-order valence-electron chi connectivity index (χ0n) is 9.97. The molecule has 6 heteroatoms. The second-order valence-electron chi connectivity index (χ2n) is 3.64. The molecule has 0 aromatic heterocycles. The fourth-order valence-corrected chi connectivity index (χ4v) is 1.36. The van der Waals surface area contributed by atoms with Crippen LogP contribution in [-0.2, 0) is 4.79 Å². The molecule has 0 radical (unpaired) electrons. The van der Waals surface area contributed by atoms with E-state index in [2.05, 4.69) is 5.32 Å². The van der Waals surface area contributed by atoms with Crippen molar-refractivity contribution in [3.05, 3.63) is 23.8 Å². The Morgan fingerprint density at radius 2 is 2.11 bits per heavy atom. The first-order chi connectivity index (χ1) is 8.54. The first-order valence-corrected chi connectivity index (χ1v) is 5.41. The number of rotatable bonds is 6. The lowest BCUT2D eigenvalue weighted by Gasteiger charge is -2.07. The van der Waals surface area contributed by atoms with Crippen LogP contribution in [0.15, 0.2) is 18.2 Å². The Morgan fingerprint density at radius 1 is 1.39 bits per heavy atom. The van der Waals surface area contributed by atoms with Gasteiger partial charge >= 0.3 is 5.97 Å². The zero-order valence-corrected chi connectivity index (χ0v) is 9.97. The van der Waals surface area contributed by atoms with Crippen molar-refractivity contribution in [2.75, 3.05) is 13.7 Å². The third-order valence-electron chi connectivity index (χ3n) is 2.29. The minimum atomic E-state index is -0.893. The molecule has 1 amide bonds. The van der Waals surface area contributed by atoms with Gasteiger partial charge in [0.25, 0.3) is 5.91 Å². The molecule has 1 aromatic rings. The van der Waals surface area contributed by atoms with E-state index >= 15 is 0 Å². The van der Waals surface area contributed by atoms with Gasteiger partial charge in [0.2, 0.25) is 0 Å². The van der Waals surface area contributed by atoms with E-state index in [-0.39, 0.29) is 30.4 Å². The molecule has 1 rings (SSSR count). The van der Waals surface area contributed by atoms with E-state index in [1.807, 2.05) is 0 Å². The average molecular weight is 253 g/mol. The first-order valence-electron chi connectivity index (χ1n) is 5.41. The number of hydrogen-bond acceptors (Lipinski definition) is 4. The third-order valence-corrected chi connectivity index (χ3v) is 2.29.